The second-order valence-corrected chi connectivity index (χ2v) is 4.10. The van der Waals surface area contributed by atoms with Gasteiger partial charge in [0, 0.05) is 19.4 Å². The maximum atomic E-state index is 13.9. The molecule has 0 saturated heterocycles. The molecule has 0 amide bonds. The first-order valence-electron chi connectivity index (χ1n) is 5.59. The highest BCUT2D eigenvalue weighted by atomic mass is 19.4. The minimum atomic E-state index is -4.64. The third-order valence-corrected chi connectivity index (χ3v) is 2.64. The molecule has 0 aliphatic carbocycles. The summed E-state index contributed by atoms with van der Waals surface area (Å²) in [5, 5.41) is 0. The Balaban J connectivity index is 2.48. The number of aromatic nitrogens is 3. The number of pyridine rings is 1. The van der Waals surface area contributed by atoms with E-state index in [1.54, 1.807) is 0 Å². The van der Waals surface area contributed by atoms with Crippen molar-refractivity contribution in [3.63, 3.8) is 0 Å². The first kappa shape index (κ1) is 14.9. The monoisotopic (exact) mass is 303 g/mol. The largest absolute Gasteiger partial charge is 0.465 e. The summed E-state index contributed by atoms with van der Waals surface area (Å²) in [6.45, 7) is 0. The summed E-state index contributed by atoms with van der Waals surface area (Å²) in [7, 11) is 2.40. The number of rotatable bonds is 2. The van der Waals surface area contributed by atoms with Crippen LogP contribution in [0.25, 0.3) is 11.5 Å². The van der Waals surface area contributed by atoms with Crippen LogP contribution in [0.1, 0.15) is 16.1 Å². The molecule has 5 nitrogen and oxygen atoms in total. The van der Waals surface area contributed by atoms with Crippen LogP contribution in [0, 0.1) is 5.82 Å². The second kappa shape index (κ2) is 5.15. The normalized spacial score (nSPS) is 11.5. The van der Waals surface area contributed by atoms with Crippen LogP contribution in [0.4, 0.5) is 17.6 Å². The summed E-state index contributed by atoms with van der Waals surface area (Å²) in [5.41, 5.74) is -1.69. The van der Waals surface area contributed by atoms with Gasteiger partial charge in [-0.05, 0) is 6.07 Å². The molecular formula is C12H9F4N3O2. The number of aryl methyl sites for hydroxylation is 1. The number of imidazole rings is 1. The van der Waals surface area contributed by atoms with Gasteiger partial charge in [0.25, 0.3) is 0 Å². The van der Waals surface area contributed by atoms with Crippen LogP contribution in [0.15, 0.2) is 18.5 Å². The van der Waals surface area contributed by atoms with Crippen molar-refractivity contribution in [3.05, 3.63) is 35.5 Å². The highest BCUT2D eigenvalue weighted by Gasteiger charge is 2.35. The van der Waals surface area contributed by atoms with Crippen molar-refractivity contribution >= 4 is 5.97 Å². The quantitative estimate of drug-likeness (QED) is 0.631. The van der Waals surface area contributed by atoms with E-state index in [1.807, 2.05) is 0 Å². The first-order valence-corrected chi connectivity index (χ1v) is 5.59. The van der Waals surface area contributed by atoms with Gasteiger partial charge in [-0.1, -0.05) is 0 Å². The van der Waals surface area contributed by atoms with E-state index in [4.69, 9.17) is 0 Å². The molecule has 0 fully saturated rings. The number of carbonyl (C=O) groups is 1. The number of halogens is 4. The number of hydrogen-bond acceptors (Lipinski definition) is 4. The number of esters is 1. The van der Waals surface area contributed by atoms with Crippen molar-refractivity contribution in [2.24, 2.45) is 7.05 Å². The number of ether oxygens (including phenoxy) is 1. The van der Waals surface area contributed by atoms with Gasteiger partial charge in [-0.3, -0.25) is 0 Å². The van der Waals surface area contributed by atoms with E-state index in [0.717, 1.165) is 30.1 Å². The number of nitrogens with zero attached hydrogens (tertiary/aromatic N) is 3. The summed E-state index contributed by atoms with van der Waals surface area (Å²) in [4.78, 5) is 18.2. The van der Waals surface area contributed by atoms with Crippen LogP contribution in [-0.4, -0.2) is 27.6 Å². The molecule has 0 unspecified atom stereocenters. The van der Waals surface area contributed by atoms with Gasteiger partial charge in [-0.2, -0.15) is 13.2 Å². The molecule has 0 aliphatic heterocycles. The predicted octanol–water partition coefficient (Wildman–Crippen LogP) is 2.43. The van der Waals surface area contributed by atoms with Crippen molar-refractivity contribution < 1.29 is 27.1 Å². The van der Waals surface area contributed by atoms with E-state index < -0.39 is 23.7 Å². The SMILES string of the molecule is COC(=O)c1cnc(-c2nc(C(F)(F)F)cn2C)c(F)c1. The fourth-order valence-electron chi connectivity index (χ4n) is 1.65. The molecule has 0 aliphatic rings. The van der Waals surface area contributed by atoms with Crippen LogP contribution in [0.5, 0.6) is 0 Å². The van der Waals surface area contributed by atoms with Gasteiger partial charge < -0.3 is 9.30 Å². The molecule has 0 spiro atoms. The van der Waals surface area contributed by atoms with Crippen molar-refractivity contribution in [2.75, 3.05) is 7.11 Å². The minimum Gasteiger partial charge on any atom is -0.465 e. The van der Waals surface area contributed by atoms with E-state index in [0.29, 0.717) is 0 Å². The maximum absolute atomic E-state index is 13.9. The van der Waals surface area contributed by atoms with Crippen molar-refractivity contribution in [3.8, 4) is 11.5 Å². The van der Waals surface area contributed by atoms with Crippen molar-refractivity contribution in [1.82, 2.24) is 14.5 Å². The Labute approximate surface area is 116 Å². The zero-order valence-electron chi connectivity index (χ0n) is 10.9. The molecule has 21 heavy (non-hydrogen) atoms. The fourth-order valence-corrected chi connectivity index (χ4v) is 1.65. The molecule has 2 heterocycles. The molecule has 0 N–H and O–H groups in total. The smallest absolute Gasteiger partial charge is 0.434 e. The lowest BCUT2D eigenvalue weighted by Gasteiger charge is -2.04. The third kappa shape index (κ3) is 2.86. The Hall–Kier alpha value is -2.45. The number of alkyl halides is 3. The highest BCUT2D eigenvalue weighted by Crippen LogP contribution is 2.30. The van der Waals surface area contributed by atoms with Gasteiger partial charge >= 0.3 is 12.1 Å². The number of carbonyl (C=O) groups excluding carboxylic acids is 1. The van der Waals surface area contributed by atoms with E-state index in [2.05, 4.69) is 14.7 Å². The maximum Gasteiger partial charge on any atom is 0.434 e. The Bertz CT molecular complexity index is 694. The molecule has 9 heteroatoms. The molecule has 0 atom stereocenters. The average molecular weight is 303 g/mol. The zero-order chi connectivity index (χ0) is 15.8. The van der Waals surface area contributed by atoms with Crippen molar-refractivity contribution in [1.29, 1.82) is 0 Å². The molecule has 0 radical (unpaired) electrons. The molecule has 0 saturated carbocycles. The molecular weight excluding hydrogens is 294 g/mol. The Kier molecular flexibility index (Phi) is 3.67. The van der Waals surface area contributed by atoms with E-state index in [9.17, 15) is 22.4 Å². The Morgan fingerprint density at radius 3 is 2.52 bits per heavy atom. The molecule has 2 rings (SSSR count). The molecule has 0 bridgehead atoms. The van der Waals surface area contributed by atoms with Gasteiger partial charge in [0.15, 0.2) is 17.3 Å². The first-order chi connectivity index (χ1) is 9.74. The fraction of sp³-hybridized carbons (Fsp3) is 0.250. The van der Waals surface area contributed by atoms with Gasteiger partial charge in [0.1, 0.15) is 5.69 Å². The zero-order valence-corrected chi connectivity index (χ0v) is 10.9. The van der Waals surface area contributed by atoms with Crippen LogP contribution in [0.2, 0.25) is 0 Å². The summed E-state index contributed by atoms with van der Waals surface area (Å²) in [6.07, 6.45) is -2.91. The lowest BCUT2D eigenvalue weighted by Crippen LogP contribution is -2.06. The molecule has 2 aromatic rings. The van der Waals surface area contributed by atoms with Crippen LogP contribution in [0.3, 0.4) is 0 Å². The number of hydrogen-bond donors (Lipinski definition) is 0. The summed E-state index contributed by atoms with van der Waals surface area (Å²) in [6, 6.07) is 0.829. The third-order valence-electron chi connectivity index (χ3n) is 2.64. The summed E-state index contributed by atoms with van der Waals surface area (Å²) < 4.78 is 57.0. The van der Waals surface area contributed by atoms with Gasteiger partial charge in [0.05, 0.1) is 12.7 Å². The van der Waals surface area contributed by atoms with Crippen LogP contribution >= 0.6 is 0 Å². The van der Waals surface area contributed by atoms with E-state index >= 15 is 0 Å². The van der Waals surface area contributed by atoms with Gasteiger partial charge in [-0.25, -0.2) is 19.2 Å². The average Bonchev–Trinajstić information content (AvgIpc) is 2.79. The highest BCUT2D eigenvalue weighted by molar-refractivity contribution is 5.89. The molecule has 112 valence electrons. The van der Waals surface area contributed by atoms with E-state index in [1.165, 1.54) is 7.05 Å². The number of methoxy groups -OCH3 is 1. The van der Waals surface area contributed by atoms with Gasteiger partial charge in [-0.15, -0.1) is 0 Å². The van der Waals surface area contributed by atoms with Crippen LogP contribution < -0.4 is 0 Å². The topological polar surface area (TPSA) is 57.0 Å². The van der Waals surface area contributed by atoms with Gasteiger partial charge in [0.2, 0.25) is 0 Å². The Morgan fingerprint density at radius 2 is 2.05 bits per heavy atom. The van der Waals surface area contributed by atoms with E-state index in [-0.39, 0.29) is 17.1 Å². The lowest BCUT2D eigenvalue weighted by molar-refractivity contribution is -0.140. The predicted molar refractivity (Wildman–Crippen MR) is 62.7 cm³/mol. The van der Waals surface area contributed by atoms with Crippen molar-refractivity contribution in [2.45, 2.75) is 6.18 Å². The molecule has 0 aromatic carbocycles. The summed E-state index contributed by atoms with van der Waals surface area (Å²) >= 11 is 0. The molecule has 2 aromatic heterocycles. The standard InChI is InChI=1S/C12H9F4N3O2/c1-19-5-8(12(14,15)16)18-10(19)9-7(13)3-6(4-17-9)11(20)21-2/h3-5H,1-2H3. The van der Waals surface area contributed by atoms with Crippen LogP contribution in [-0.2, 0) is 18.0 Å². The second-order valence-electron chi connectivity index (χ2n) is 4.10. The lowest BCUT2D eigenvalue weighted by atomic mass is 10.2. The Morgan fingerprint density at radius 1 is 1.38 bits per heavy atom. The summed E-state index contributed by atoms with van der Waals surface area (Å²) in [5.74, 6) is -2.07. The minimum absolute atomic E-state index is 0.149.